The molecule has 1 aromatic rings. The molecule has 120 valence electrons. The molecule has 0 heterocycles. The molecule has 21 heavy (non-hydrogen) atoms. The summed E-state index contributed by atoms with van der Waals surface area (Å²) in [5, 5.41) is 13.1. The van der Waals surface area contributed by atoms with E-state index in [2.05, 4.69) is 28.2 Å². The summed E-state index contributed by atoms with van der Waals surface area (Å²) >= 11 is 3.43. The van der Waals surface area contributed by atoms with Gasteiger partial charge in [0.2, 0.25) is 0 Å². The SMILES string of the molecule is CCCCOCCOCC(O)CNc1ccc(Br)cc1C. The predicted octanol–water partition coefficient (Wildman–Crippen LogP) is 3.36. The highest BCUT2D eigenvalue weighted by Crippen LogP contribution is 2.19. The lowest BCUT2D eigenvalue weighted by Crippen LogP contribution is -2.26. The molecule has 0 aromatic heterocycles. The maximum Gasteiger partial charge on any atom is 0.0945 e. The molecule has 0 saturated carbocycles. The molecule has 0 bridgehead atoms. The van der Waals surface area contributed by atoms with E-state index < -0.39 is 6.10 Å². The molecule has 0 saturated heterocycles. The van der Waals surface area contributed by atoms with Gasteiger partial charge in [-0.1, -0.05) is 29.3 Å². The molecule has 1 rings (SSSR count). The third-order valence-corrected chi connectivity index (χ3v) is 3.53. The van der Waals surface area contributed by atoms with Crippen molar-refractivity contribution in [1.29, 1.82) is 0 Å². The van der Waals surface area contributed by atoms with Gasteiger partial charge in [-0.25, -0.2) is 0 Å². The van der Waals surface area contributed by atoms with Crippen LogP contribution in [0.5, 0.6) is 0 Å². The Labute approximate surface area is 136 Å². The molecule has 0 amide bonds. The van der Waals surface area contributed by atoms with Gasteiger partial charge in [0.25, 0.3) is 0 Å². The van der Waals surface area contributed by atoms with Gasteiger partial charge in [-0.05, 0) is 37.1 Å². The second kappa shape index (κ2) is 11.0. The minimum atomic E-state index is -0.524. The zero-order valence-corrected chi connectivity index (χ0v) is 14.5. The van der Waals surface area contributed by atoms with Crippen molar-refractivity contribution < 1.29 is 14.6 Å². The Kier molecular flexibility index (Phi) is 9.67. The number of aliphatic hydroxyl groups is 1. The zero-order valence-electron chi connectivity index (χ0n) is 12.9. The molecule has 5 heteroatoms. The Balaban J connectivity index is 2.09. The van der Waals surface area contributed by atoms with E-state index in [4.69, 9.17) is 9.47 Å². The fourth-order valence-electron chi connectivity index (χ4n) is 1.80. The Morgan fingerprint density at radius 1 is 1.24 bits per heavy atom. The molecule has 1 aromatic carbocycles. The van der Waals surface area contributed by atoms with Crippen molar-refractivity contribution in [2.75, 3.05) is 38.3 Å². The quantitative estimate of drug-likeness (QED) is 0.594. The number of ether oxygens (including phenoxy) is 2. The molecular formula is C16H26BrNO3. The van der Waals surface area contributed by atoms with Crippen LogP contribution in [0.3, 0.4) is 0 Å². The van der Waals surface area contributed by atoms with Gasteiger partial charge in [0.15, 0.2) is 0 Å². The number of benzene rings is 1. The standard InChI is InChI=1S/C16H26BrNO3/c1-3-4-7-20-8-9-21-12-15(19)11-18-16-6-5-14(17)10-13(16)2/h5-6,10,15,18-19H,3-4,7-9,11-12H2,1-2H3. The van der Waals surface area contributed by atoms with Crippen LogP contribution in [0.2, 0.25) is 0 Å². The first-order valence-electron chi connectivity index (χ1n) is 7.47. The van der Waals surface area contributed by atoms with Crippen LogP contribution in [-0.4, -0.2) is 44.2 Å². The summed E-state index contributed by atoms with van der Waals surface area (Å²) in [6, 6.07) is 6.01. The van der Waals surface area contributed by atoms with Gasteiger partial charge in [-0.2, -0.15) is 0 Å². The topological polar surface area (TPSA) is 50.7 Å². The van der Waals surface area contributed by atoms with Crippen LogP contribution in [0.1, 0.15) is 25.3 Å². The van der Waals surface area contributed by atoms with Gasteiger partial charge in [0.1, 0.15) is 0 Å². The van der Waals surface area contributed by atoms with Crippen molar-refractivity contribution in [3.63, 3.8) is 0 Å². The van der Waals surface area contributed by atoms with E-state index >= 15 is 0 Å². The number of hydrogen-bond acceptors (Lipinski definition) is 4. The number of nitrogens with one attached hydrogen (secondary N) is 1. The van der Waals surface area contributed by atoms with Crippen LogP contribution >= 0.6 is 15.9 Å². The minimum Gasteiger partial charge on any atom is -0.389 e. The van der Waals surface area contributed by atoms with Gasteiger partial charge < -0.3 is 19.9 Å². The Bertz CT molecular complexity index is 401. The summed E-state index contributed by atoms with van der Waals surface area (Å²) in [5.41, 5.74) is 2.17. The molecule has 0 fully saturated rings. The van der Waals surface area contributed by atoms with E-state index in [1.54, 1.807) is 0 Å². The molecule has 2 N–H and O–H groups in total. The highest BCUT2D eigenvalue weighted by molar-refractivity contribution is 9.10. The molecule has 1 atom stereocenters. The second-order valence-electron chi connectivity index (χ2n) is 5.03. The summed E-state index contributed by atoms with van der Waals surface area (Å²) in [4.78, 5) is 0. The summed E-state index contributed by atoms with van der Waals surface area (Å²) in [7, 11) is 0. The number of rotatable bonds is 11. The van der Waals surface area contributed by atoms with E-state index in [9.17, 15) is 5.11 Å². The molecule has 0 aliphatic carbocycles. The summed E-state index contributed by atoms with van der Waals surface area (Å²) in [6.45, 7) is 6.86. The van der Waals surface area contributed by atoms with E-state index in [0.29, 0.717) is 26.4 Å². The van der Waals surface area contributed by atoms with Crippen LogP contribution in [0, 0.1) is 6.92 Å². The average molecular weight is 360 g/mol. The van der Waals surface area contributed by atoms with Crippen molar-refractivity contribution >= 4 is 21.6 Å². The second-order valence-corrected chi connectivity index (χ2v) is 5.95. The van der Waals surface area contributed by atoms with Crippen molar-refractivity contribution in [2.45, 2.75) is 32.8 Å². The van der Waals surface area contributed by atoms with Crippen molar-refractivity contribution in [1.82, 2.24) is 0 Å². The average Bonchev–Trinajstić information content (AvgIpc) is 2.45. The highest BCUT2D eigenvalue weighted by atomic mass is 79.9. The maximum absolute atomic E-state index is 9.86. The Morgan fingerprint density at radius 2 is 2.00 bits per heavy atom. The number of aryl methyl sites for hydroxylation is 1. The number of aliphatic hydroxyl groups excluding tert-OH is 1. The van der Waals surface area contributed by atoms with Crippen LogP contribution in [0.25, 0.3) is 0 Å². The van der Waals surface area contributed by atoms with E-state index in [1.165, 1.54) is 0 Å². The minimum absolute atomic E-state index is 0.319. The summed E-state index contributed by atoms with van der Waals surface area (Å²) < 4.78 is 11.8. The molecule has 0 radical (unpaired) electrons. The summed E-state index contributed by atoms with van der Waals surface area (Å²) in [5.74, 6) is 0. The van der Waals surface area contributed by atoms with Gasteiger partial charge >= 0.3 is 0 Å². The van der Waals surface area contributed by atoms with Gasteiger partial charge in [-0.15, -0.1) is 0 Å². The first kappa shape index (κ1) is 18.4. The predicted molar refractivity (Wildman–Crippen MR) is 89.9 cm³/mol. The number of unbranched alkanes of at least 4 members (excludes halogenated alkanes) is 1. The van der Waals surface area contributed by atoms with Crippen molar-refractivity contribution in [2.24, 2.45) is 0 Å². The first-order chi connectivity index (χ1) is 10.1. The largest absolute Gasteiger partial charge is 0.389 e. The third kappa shape index (κ3) is 8.41. The highest BCUT2D eigenvalue weighted by Gasteiger charge is 2.05. The normalized spacial score (nSPS) is 12.4. The Hall–Kier alpha value is -0.620. The van der Waals surface area contributed by atoms with Crippen LogP contribution in [0.15, 0.2) is 22.7 Å². The fourth-order valence-corrected chi connectivity index (χ4v) is 2.27. The van der Waals surface area contributed by atoms with Crippen molar-refractivity contribution in [3.8, 4) is 0 Å². The number of anilines is 1. The van der Waals surface area contributed by atoms with E-state index in [-0.39, 0.29) is 0 Å². The lowest BCUT2D eigenvalue weighted by Gasteiger charge is -2.15. The molecule has 0 spiro atoms. The van der Waals surface area contributed by atoms with Gasteiger partial charge in [-0.3, -0.25) is 0 Å². The van der Waals surface area contributed by atoms with E-state index in [0.717, 1.165) is 35.2 Å². The smallest absolute Gasteiger partial charge is 0.0945 e. The van der Waals surface area contributed by atoms with Gasteiger partial charge in [0.05, 0.1) is 25.9 Å². The monoisotopic (exact) mass is 359 g/mol. The zero-order chi connectivity index (χ0) is 15.5. The molecular weight excluding hydrogens is 334 g/mol. The number of halogens is 1. The lowest BCUT2D eigenvalue weighted by atomic mass is 10.2. The lowest BCUT2D eigenvalue weighted by molar-refractivity contribution is 0.00749. The fraction of sp³-hybridized carbons (Fsp3) is 0.625. The van der Waals surface area contributed by atoms with Crippen LogP contribution in [0.4, 0.5) is 5.69 Å². The summed E-state index contributed by atoms with van der Waals surface area (Å²) in [6.07, 6.45) is 1.70. The van der Waals surface area contributed by atoms with E-state index in [1.807, 2.05) is 25.1 Å². The van der Waals surface area contributed by atoms with Gasteiger partial charge in [0, 0.05) is 23.3 Å². The molecule has 0 aliphatic heterocycles. The molecule has 4 nitrogen and oxygen atoms in total. The first-order valence-corrected chi connectivity index (χ1v) is 8.26. The maximum atomic E-state index is 9.86. The Morgan fingerprint density at radius 3 is 2.71 bits per heavy atom. The van der Waals surface area contributed by atoms with Crippen molar-refractivity contribution in [3.05, 3.63) is 28.2 Å². The molecule has 1 unspecified atom stereocenters. The third-order valence-electron chi connectivity index (χ3n) is 3.04. The number of hydrogen-bond donors (Lipinski definition) is 2. The van der Waals surface area contributed by atoms with Crippen LogP contribution in [-0.2, 0) is 9.47 Å². The van der Waals surface area contributed by atoms with Crippen LogP contribution < -0.4 is 5.32 Å². The molecule has 0 aliphatic rings.